The Morgan fingerprint density at radius 2 is 1.89 bits per heavy atom. The number of amides is 1. The van der Waals surface area contributed by atoms with Gasteiger partial charge in [0, 0.05) is 13.1 Å². The van der Waals surface area contributed by atoms with Crippen LogP contribution in [0.4, 0.5) is 0 Å². The van der Waals surface area contributed by atoms with Crippen molar-refractivity contribution in [1.29, 1.82) is 0 Å². The molecule has 1 amide bonds. The lowest BCUT2D eigenvalue weighted by atomic mass is 9.97. The fourth-order valence-corrected chi connectivity index (χ4v) is 2.36. The lowest BCUT2D eigenvalue weighted by Gasteiger charge is -2.30. The van der Waals surface area contributed by atoms with Crippen LogP contribution in [0.3, 0.4) is 0 Å². The van der Waals surface area contributed by atoms with Gasteiger partial charge in [-0.1, -0.05) is 26.2 Å². The summed E-state index contributed by atoms with van der Waals surface area (Å²) in [7, 11) is 0. The zero-order valence-corrected chi connectivity index (χ0v) is 11.9. The summed E-state index contributed by atoms with van der Waals surface area (Å²) in [5, 5.41) is 12.1. The Hall–Kier alpha value is -1.10. The largest absolute Gasteiger partial charge is 0.481 e. The quantitative estimate of drug-likeness (QED) is 0.655. The van der Waals surface area contributed by atoms with Crippen molar-refractivity contribution in [3.8, 4) is 0 Å². The molecule has 0 spiro atoms. The number of nitrogens with zero attached hydrogens (tertiary/aromatic N) is 1. The number of hydrogen-bond donors (Lipinski definition) is 2. The van der Waals surface area contributed by atoms with Crippen molar-refractivity contribution in [3.63, 3.8) is 0 Å². The summed E-state index contributed by atoms with van der Waals surface area (Å²) in [6.07, 6.45) is 5.95. The van der Waals surface area contributed by atoms with Gasteiger partial charge in [0.05, 0.1) is 12.5 Å². The smallest absolute Gasteiger partial charge is 0.306 e. The van der Waals surface area contributed by atoms with Crippen molar-refractivity contribution in [2.24, 2.45) is 5.92 Å². The molecule has 1 rings (SSSR count). The molecule has 0 aromatic heterocycles. The lowest BCUT2D eigenvalue weighted by molar-refractivity contribution is -0.145. The van der Waals surface area contributed by atoms with Crippen molar-refractivity contribution in [1.82, 2.24) is 10.2 Å². The maximum absolute atomic E-state index is 11.9. The van der Waals surface area contributed by atoms with Crippen molar-refractivity contribution in [2.45, 2.75) is 45.4 Å². The van der Waals surface area contributed by atoms with E-state index in [0.717, 1.165) is 13.0 Å². The van der Waals surface area contributed by atoms with Gasteiger partial charge in [-0.3, -0.25) is 9.59 Å². The number of carbonyl (C=O) groups excluding carboxylic acids is 1. The predicted molar refractivity (Wildman–Crippen MR) is 74.0 cm³/mol. The minimum Gasteiger partial charge on any atom is -0.481 e. The molecule has 0 atom stereocenters. The van der Waals surface area contributed by atoms with Gasteiger partial charge < -0.3 is 15.3 Å². The first-order valence-electron chi connectivity index (χ1n) is 7.36. The van der Waals surface area contributed by atoms with Crippen LogP contribution in [0, 0.1) is 5.92 Å². The normalized spacial score (nSPS) is 16.6. The maximum atomic E-state index is 11.9. The Labute approximate surface area is 115 Å². The van der Waals surface area contributed by atoms with Crippen LogP contribution < -0.4 is 5.32 Å². The Balaban J connectivity index is 2.09. The molecule has 5 heteroatoms. The SMILES string of the molecule is CCCCCCNCC(=O)N1CCC(C(=O)O)CC1. The highest BCUT2D eigenvalue weighted by molar-refractivity contribution is 5.78. The summed E-state index contributed by atoms with van der Waals surface area (Å²) < 4.78 is 0. The number of likely N-dealkylation sites (tertiary alicyclic amines) is 1. The first-order chi connectivity index (χ1) is 9.15. The van der Waals surface area contributed by atoms with E-state index in [0.29, 0.717) is 32.5 Å². The number of piperidine rings is 1. The molecule has 2 N–H and O–H groups in total. The van der Waals surface area contributed by atoms with Crippen LogP contribution in [0.25, 0.3) is 0 Å². The summed E-state index contributed by atoms with van der Waals surface area (Å²) in [6.45, 7) is 4.60. The van der Waals surface area contributed by atoms with Crippen molar-refractivity contribution >= 4 is 11.9 Å². The van der Waals surface area contributed by atoms with Gasteiger partial charge in [0.15, 0.2) is 0 Å². The minimum atomic E-state index is -0.735. The summed E-state index contributed by atoms with van der Waals surface area (Å²) in [5.41, 5.74) is 0. The second-order valence-corrected chi connectivity index (χ2v) is 5.23. The second-order valence-electron chi connectivity index (χ2n) is 5.23. The van der Waals surface area contributed by atoms with Crippen LogP contribution in [0.2, 0.25) is 0 Å². The van der Waals surface area contributed by atoms with E-state index in [-0.39, 0.29) is 11.8 Å². The molecule has 1 aliphatic heterocycles. The molecule has 0 radical (unpaired) electrons. The summed E-state index contributed by atoms with van der Waals surface area (Å²) in [5.74, 6) is -0.911. The highest BCUT2D eigenvalue weighted by atomic mass is 16.4. The molecule has 0 aromatic rings. The zero-order valence-electron chi connectivity index (χ0n) is 11.9. The van der Waals surface area contributed by atoms with E-state index in [1.54, 1.807) is 4.90 Å². The topological polar surface area (TPSA) is 69.6 Å². The number of unbranched alkanes of at least 4 members (excludes halogenated alkanes) is 3. The van der Waals surface area contributed by atoms with Crippen LogP contribution in [-0.4, -0.2) is 48.1 Å². The van der Waals surface area contributed by atoms with Crippen molar-refractivity contribution < 1.29 is 14.7 Å². The average Bonchev–Trinajstić information content (AvgIpc) is 2.42. The standard InChI is InChI=1S/C14H26N2O3/c1-2-3-4-5-8-15-11-13(17)16-9-6-12(7-10-16)14(18)19/h12,15H,2-11H2,1H3,(H,18,19). The van der Waals surface area contributed by atoms with E-state index >= 15 is 0 Å². The van der Waals surface area contributed by atoms with E-state index in [1.165, 1.54) is 19.3 Å². The fraction of sp³-hybridized carbons (Fsp3) is 0.857. The van der Waals surface area contributed by atoms with E-state index in [2.05, 4.69) is 12.2 Å². The maximum Gasteiger partial charge on any atom is 0.306 e. The summed E-state index contributed by atoms with van der Waals surface area (Å²) in [4.78, 5) is 24.5. The van der Waals surface area contributed by atoms with Gasteiger partial charge in [-0.2, -0.15) is 0 Å². The van der Waals surface area contributed by atoms with Gasteiger partial charge in [-0.25, -0.2) is 0 Å². The summed E-state index contributed by atoms with van der Waals surface area (Å²) in [6, 6.07) is 0. The second kappa shape index (κ2) is 8.91. The van der Waals surface area contributed by atoms with Crippen LogP contribution in [0.1, 0.15) is 45.4 Å². The van der Waals surface area contributed by atoms with Crippen LogP contribution in [0.15, 0.2) is 0 Å². The molecule has 0 aromatic carbocycles. The molecule has 1 saturated heterocycles. The lowest BCUT2D eigenvalue weighted by Crippen LogP contribution is -2.44. The summed E-state index contributed by atoms with van der Waals surface area (Å²) >= 11 is 0. The number of nitrogens with one attached hydrogen (secondary N) is 1. The van der Waals surface area contributed by atoms with E-state index < -0.39 is 5.97 Å². The van der Waals surface area contributed by atoms with Crippen LogP contribution in [-0.2, 0) is 9.59 Å². The fourth-order valence-electron chi connectivity index (χ4n) is 2.36. The van der Waals surface area contributed by atoms with Gasteiger partial charge in [0.2, 0.25) is 5.91 Å². The third-order valence-corrected chi connectivity index (χ3v) is 3.68. The van der Waals surface area contributed by atoms with Gasteiger partial charge in [-0.05, 0) is 25.8 Å². The molecule has 0 saturated carbocycles. The molecular weight excluding hydrogens is 244 g/mol. The molecule has 1 aliphatic rings. The highest BCUT2D eigenvalue weighted by Crippen LogP contribution is 2.17. The third-order valence-electron chi connectivity index (χ3n) is 3.68. The van der Waals surface area contributed by atoms with Gasteiger partial charge >= 0.3 is 5.97 Å². The Morgan fingerprint density at radius 3 is 2.47 bits per heavy atom. The van der Waals surface area contributed by atoms with Gasteiger partial charge in [0.25, 0.3) is 0 Å². The Bertz CT molecular complexity index is 286. The predicted octanol–water partition coefficient (Wildman–Crippen LogP) is 1.48. The minimum absolute atomic E-state index is 0.0966. The van der Waals surface area contributed by atoms with Gasteiger partial charge in [0.1, 0.15) is 0 Å². The van der Waals surface area contributed by atoms with Gasteiger partial charge in [-0.15, -0.1) is 0 Å². The van der Waals surface area contributed by atoms with E-state index in [1.807, 2.05) is 0 Å². The molecule has 1 heterocycles. The van der Waals surface area contributed by atoms with E-state index in [9.17, 15) is 9.59 Å². The molecule has 5 nitrogen and oxygen atoms in total. The Kier molecular flexibility index (Phi) is 7.48. The number of rotatable bonds is 8. The molecule has 0 unspecified atom stereocenters. The first-order valence-corrected chi connectivity index (χ1v) is 7.36. The number of carbonyl (C=O) groups is 2. The molecule has 19 heavy (non-hydrogen) atoms. The molecular formula is C14H26N2O3. The number of hydrogen-bond acceptors (Lipinski definition) is 3. The molecule has 1 fully saturated rings. The monoisotopic (exact) mass is 270 g/mol. The average molecular weight is 270 g/mol. The zero-order chi connectivity index (χ0) is 14.1. The van der Waals surface area contributed by atoms with Crippen molar-refractivity contribution in [2.75, 3.05) is 26.2 Å². The van der Waals surface area contributed by atoms with Crippen molar-refractivity contribution in [3.05, 3.63) is 0 Å². The Morgan fingerprint density at radius 1 is 1.21 bits per heavy atom. The first kappa shape index (κ1) is 16.0. The molecule has 110 valence electrons. The van der Waals surface area contributed by atoms with Crippen LogP contribution in [0.5, 0.6) is 0 Å². The van der Waals surface area contributed by atoms with E-state index in [4.69, 9.17) is 5.11 Å². The number of aliphatic carboxylic acids is 1. The number of carboxylic acids is 1. The number of carboxylic acid groups (broad SMARTS) is 1. The third kappa shape index (κ3) is 6.05. The van der Waals surface area contributed by atoms with Crippen LogP contribution >= 0.6 is 0 Å². The molecule has 0 bridgehead atoms. The molecule has 0 aliphatic carbocycles. The highest BCUT2D eigenvalue weighted by Gasteiger charge is 2.26.